The first-order valence-corrected chi connectivity index (χ1v) is 9.50. The molecular formula is C21H22F3N5O. The van der Waals surface area contributed by atoms with Crippen molar-refractivity contribution in [3.05, 3.63) is 41.9 Å². The number of rotatable bonds is 7. The fourth-order valence-electron chi connectivity index (χ4n) is 3.04. The zero-order chi connectivity index (χ0) is 21.9. The Kier molecular flexibility index (Phi) is 6.27. The molecule has 0 saturated heterocycles. The van der Waals surface area contributed by atoms with E-state index in [1.54, 1.807) is 17.7 Å². The van der Waals surface area contributed by atoms with Crippen molar-refractivity contribution in [1.82, 2.24) is 19.9 Å². The summed E-state index contributed by atoms with van der Waals surface area (Å²) in [6, 6.07) is 7.71. The van der Waals surface area contributed by atoms with Crippen LogP contribution in [0.5, 0.6) is 5.75 Å². The maximum Gasteiger partial charge on any atom is 0.419 e. The molecule has 0 spiro atoms. The van der Waals surface area contributed by atoms with Gasteiger partial charge in [0.15, 0.2) is 5.69 Å². The van der Waals surface area contributed by atoms with E-state index >= 15 is 0 Å². The quantitative estimate of drug-likeness (QED) is 0.581. The third kappa shape index (κ3) is 4.71. The summed E-state index contributed by atoms with van der Waals surface area (Å²) in [6.07, 6.45) is -2.47. The lowest BCUT2D eigenvalue weighted by atomic mass is 10.1. The van der Waals surface area contributed by atoms with Crippen molar-refractivity contribution in [1.29, 1.82) is 5.26 Å². The summed E-state index contributed by atoms with van der Waals surface area (Å²) in [7, 11) is 1.74. The van der Waals surface area contributed by atoms with E-state index in [-0.39, 0.29) is 29.3 Å². The molecule has 0 aliphatic heterocycles. The average molecular weight is 417 g/mol. The molecule has 0 saturated carbocycles. The van der Waals surface area contributed by atoms with Crippen LogP contribution in [-0.4, -0.2) is 33.7 Å². The van der Waals surface area contributed by atoms with Crippen LogP contribution in [0.25, 0.3) is 22.3 Å². The molecule has 30 heavy (non-hydrogen) atoms. The molecule has 1 N–H and O–H groups in total. The molecule has 158 valence electrons. The number of imidazole rings is 1. The summed E-state index contributed by atoms with van der Waals surface area (Å²) in [5.41, 5.74) is 0.728. The van der Waals surface area contributed by atoms with Crippen molar-refractivity contribution in [3.63, 3.8) is 0 Å². The number of nitrogens with zero attached hydrogens (tertiary/aromatic N) is 4. The summed E-state index contributed by atoms with van der Waals surface area (Å²) in [5.74, 6) is -0.224. The lowest BCUT2D eigenvalue weighted by Gasteiger charge is -2.16. The highest BCUT2D eigenvalue weighted by Crippen LogP contribution is 2.39. The first-order chi connectivity index (χ1) is 14.2. The summed E-state index contributed by atoms with van der Waals surface area (Å²) < 4.78 is 48.1. The van der Waals surface area contributed by atoms with Crippen molar-refractivity contribution in [2.75, 3.05) is 13.2 Å². The number of aryl methyl sites for hydroxylation is 1. The first-order valence-electron chi connectivity index (χ1n) is 9.50. The van der Waals surface area contributed by atoms with Gasteiger partial charge in [0.05, 0.1) is 29.7 Å². The Hall–Kier alpha value is -3.12. The second kappa shape index (κ2) is 8.71. The third-order valence-corrected chi connectivity index (χ3v) is 4.53. The molecule has 0 radical (unpaired) electrons. The fraction of sp³-hybridized carbons (Fsp3) is 0.381. The minimum Gasteiger partial charge on any atom is -0.493 e. The van der Waals surface area contributed by atoms with Gasteiger partial charge in [-0.25, -0.2) is 9.97 Å². The summed E-state index contributed by atoms with van der Waals surface area (Å²) in [6.45, 7) is 4.81. The predicted octanol–water partition coefficient (Wildman–Crippen LogP) is 4.29. The van der Waals surface area contributed by atoms with Gasteiger partial charge in [-0.05, 0) is 37.2 Å². The van der Waals surface area contributed by atoms with Crippen LogP contribution in [-0.2, 0) is 13.2 Å². The van der Waals surface area contributed by atoms with E-state index in [4.69, 9.17) is 4.74 Å². The molecule has 0 amide bonds. The van der Waals surface area contributed by atoms with Gasteiger partial charge in [-0.2, -0.15) is 18.4 Å². The van der Waals surface area contributed by atoms with Gasteiger partial charge in [0.25, 0.3) is 0 Å². The lowest BCUT2D eigenvalue weighted by Crippen LogP contribution is -2.25. The molecule has 1 aromatic carbocycles. The Bertz CT molecular complexity index is 1080. The first kappa shape index (κ1) is 21.6. The number of hydrogen-bond acceptors (Lipinski definition) is 5. The number of halogens is 3. The van der Waals surface area contributed by atoms with Crippen LogP contribution >= 0.6 is 0 Å². The number of aromatic nitrogens is 3. The molecule has 3 aromatic rings. The number of fused-ring (bicyclic) bond motifs is 1. The van der Waals surface area contributed by atoms with E-state index < -0.39 is 11.7 Å². The number of ether oxygens (including phenoxy) is 1. The standard InChI is InChI=1S/C21H22F3N5O/c1-13(2)26-7-4-8-30-19-6-5-14(9-15(19)21(22,23)24)16-10-18-20(17(11-25)28-16)27-12-29(18)3/h5-6,9-10,12-13,26H,4,7-8H2,1-3H3. The zero-order valence-corrected chi connectivity index (χ0v) is 16.9. The van der Waals surface area contributed by atoms with Gasteiger partial charge in [0.1, 0.15) is 17.3 Å². The third-order valence-electron chi connectivity index (χ3n) is 4.53. The smallest absolute Gasteiger partial charge is 0.419 e. The topological polar surface area (TPSA) is 75.8 Å². The van der Waals surface area contributed by atoms with Gasteiger partial charge in [-0.3, -0.25) is 0 Å². The van der Waals surface area contributed by atoms with Crippen LogP contribution in [0.4, 0.5) is 13.2 Å². The SMILES string of the molecule is CC(C)NCCCOc1ccc(-c2cc3c(ncn3C)c(C#N)n2)cc1C(F)(F)F. The molecule has 2 heterocycles. The Morgan fingerprint density at radius 3 is 2.70 bits per heavy atom. The highest BCUT2D eigenvalue weighted by molar-refractivity contribution is 5.84. The molecule has 2 aromatic heterocycles. The van der Waals surface area contributed by atoms with Crippen molar-refractivity contribution >= 4 is 11.0 Å². The van der Waals surface area contributed by atoms with Crippen molar-refractivity contribution in [3.8, 4) is 23.1 Å². The number of benzene rings is 1. The van der Waals surface area contributed by atoms with E-state index in [1.165, 1.54) is 18.5 Å². The Morgan fingerprint density at radius 2 is 2.03 bits per heavy atom. The summed E-state index contributed by atoms with van der Waals surface area (Å²) in [5, 5.41) is 12.5. The molecule has 0 aliphatic carbocycles. The molecular weight excluding hydrogens is 395 g/mol. The average Bonchev–Trinajstić information content (AvgIpc) is 3.07. The monoisotopic (exact) mass is 417 g/mol. The van der Waals surface area contributed by atoms with Gasteiger partial charge >= 0.3 is 6.18 Å². The Morgan fingerprint density at radius 1 is 1.27 bits per heavy atom. The zero-order valence-electron chi connectivity index (χ0n) is 16.9. The van der Waals surface area contributed by atoms with Gasteiger partial charge in [0, 0.05) is 18.7 Å². The number of pyridine rings is 1. The minimum atomic E-state index is -4.59. The predicted molar refractivity (Wildman–Crippen MR) is 107 cm³/mol. The van der Waals surface area contributed by atoms with Gasteiger partial charge in [-0.15, -0.1) is 0 Å². The van der Waals surface area contributed by atoms with E-state index in [9.17, 15) is 18.4 Å². The van der Waals surface area contributed by atoms with Crippen molar-refractivity contribution < 1.29 is 17.9 Å². The lowest BCUT2D eigenvalue weighted by molar-refractivity contribution is -0.138. The fourth-order valence-corrected chi connectivity index (χ4v) is 3.04. The van der Waals surface area contributed by atoms with E-state index in [0.29, 0.717) is 30.0 Å². The van der Waals surface area contributed by atoms with E-state index in [0.717, 1.165) is 6.07 Å². The number of alkyl halides is 3. The molecule has 0 fully saturated rings. The van der Waals surface area contributed by atoms with Crippen LogP contribution < -0.4 is 10.1 Å². The maximum absolute atomic E-state index is 13.7. The van der Waals surface area contributed by atoms with Gasteiger partial charge in [0.2, 0.25) is 0 Å². The van der Waals surface area contributed by atoms with Gasteiger partial charge < -0.3 is 14.6 Å². The normalized spacial score (nSPS) is 11.8. The van der Waals surface area contributed by atoms with Crippen molar-refractivity contribution in [2.45, 2.75) is 32.5 Å². The summed E-state index contributed by atoms with van der Waals surface area (Å²) in [4.78, 5) is 8.33. The number of hydrogen-bond donors (Lipinski definition) is 1. The van der Waals surface area contributed by atoms with Crippen LogP contribution in [0.3, 0.4) is 0 Å². The molecule has 0 aliphatic rings. The molecule has 0 atom stereocenters. The van der Waals surface area contributed by atoms with Crippen molar-refractivity contribution in [2.24, 2.45) is 7.05 Å². The van der Waals surface area contributed by atoms with Gasteiger partial charge in [-0.1, -0.05) is 13.8 Å². The Labute approximate surface area is 172 Å². The van der Waals surface area contributed by atoms with Crippen LogP contribution in [0.2, 0.25) is 0 Å². The highest BCUT2D eigenvalue weighted by Gasteiger charge is 2.35. The second-order valence-electron chi connectivity index (χ2n) is 7.21. The summed E-state index contributed by atoms with van der Waals surface area (Å²) >= 11 is 0. The molecule has 0 bridgehead atoms. The molecule has 6 nitrogen and oxygen atoms in total. The second-order valence-corrected chi connectivity index (χ2v) is 7.21. The maximum atomic E-state index is 13.7. The molecule has 0 unspecified atom stereocenters. The highest BCUT2D eigenvalue weighted by atomic mass is 19.4. The van der Waals surface area contributed by atoms with Crippen LogP contribution in [0, 0.1) is 11.3 Å². The Balaban J connectivity index is 1.93. The van der Waals surface area contributed by atoms with Crippen LogP contribution in [0.15, 0.2) is 30.6 Å². The molecule has 3 rings (SSSR count). The number of nitriles is 1. The van der Waals surface area contributed by atoms with Crippen LogP contribution in [0.1, 0.15) is 31.5 Å². The van der Waals surface area contributed by atoms with E-state index in [2.05, 4.69) is 15.3 Å². The van der Waals surface area contributed by atoms with E-state index in [1.807, 2.05) is 19.9 Å². The minimum absolute atomic E-state index is 0.0645. The number of nitrogens with one attached hydrogen (secondary N) is 1. The largest absolute Gasteiger partial charge is 0.493 e. The molecule has 9 heteroatoms.